The second-order valence-electron chi connectivity index (χ2n) is 7.84. The maximum absolute atomic E-state index is 13.6. The number of anilines is 2. The molecule has 2 aliphatic rings. The van der Waals surface area contributed by atoms with E-state index in [4.69, 9.17) is 9.47 Å². The van der Waals surface area contributed by atoms with Crippen molar-refractivity contribution in [2.75, 3.05) is 31.0 Å². The number of carbonyl (C=O) groups excluding carboxylic acids is 3. The van der Waals surface area contributed by atoms with Gasteiger partial charge in [0.1, 0.15) is 12.0 Å². The SMILES string of the molecule is COc1ccc2c(c1OC)C(=O)N1c3ccccc3C(=O)N(CCC(=O)Nc3ccccn3)C21. The van der Waals surface area contributed by atoms with Gasteiger partial charge in [-0.15, -0.1) is 0 Å². The molecule has 0 saturated carbocycles. The zero-order valence-electron chi connectivity index (χ0n) is 18.6. The molecule has 0 saturated heterocycles. The van der Waals surface area contributed by atoms with Crippen LogP contribution in [0.3, 0.4) is 0 Å². The number of amides is 3. The molecule has 9 nitrogen and oxygen atoms in total. The minimum atomic E-state index is -0.702. The third kappa shape index (κ3) is 3.33. The van der Waals surface area contributed by atoms with Gasteiger partial charge >= 0.3 is 0 Å². The predicted octanol–water partition coefficient (Wildman–Crippen LogP) is 3.24. The lowest BCUT2D eigenvalue weighted by atomic mass is 10.0. The molecule has 1 aromatic heterocycles. The van der Waals surface area contributed by atoms with Crippen molar-refractivity contribution in [3.8, 4) is 11.5 Å². The van der Waals surface area contributed by atoms with E-state index < -0.39 is 6.17 Å². The summed E-state index contributed by atoms with van der Waals surface area (Å²) in [4.78, 5) is 47.0. The molecule has 3 amide bonds. The minimum absolute atomic E-state index is 0.0334. The van der Waals surface area contributed by atoms with Gasteiger partial charge in [0.15, 0.2) is 11.5 Å². The van der Waals surface area contributed by atoms with Crippen LogP contribution < -0.4 is 19.7 Å². The van der Waals surface area contributed by atoms with Crippen molar-refractivity contribution in [2.45, 2.75) is 12.6 Å². The molecule has 0 radical (unpaired) electrons. The van der Waals surface area contributed by atoms with Gasteiger partial charge in [0.05, 0.1) is 31.0 Å². The van der Waals surface area contributed by atoms with Crippen LogP contribution >= 0.6 is 0 Å². The van der Waals surface area contributed by atoms with Crippen molar-refractivity contribution < 1.29 is 23.9 Å². The van der Waals surface area contributed by atoms with Gasteiger partial charge < -0.3 is 19.7 Å². The van der Waals surface area contributed by atoms with Crippen LogP contribution in [0.1, 0.15) is 38.9 Å². The average Bonchev–Trinajstić information content (AvgIpc) is 3.16. The highest BCUT2D eigenvalue weighted by atomic mass is 16.5. The minimum Gasteiger partial charge on any atom is -0.493 e. The van der Waals surface area contributed by atoms with Gasteiger partial charge in [0, 0.05) is 24.7 Å². The Balaban J connectivity index is 1.53. The molecule has 3 heterocycles. The Morgan fingerprint density at radius 2 is 1.79 bits per heavy atom. The molecule has 2 aromatic carbocycles. The number of ether oxygens (including phenoxy) is 2. The first-order chi connectivity index (χ1) is 16.5. The Morgan fingerprint density at radius 3 is 2.53 bits per heavy atom. The Labute approximate surface area is 195 Å². The molecule has 5 rings (SSSR count). The van der Waals surface area contributed by atoms with Crippen molar-refractivity contribution in [3.63, 3.8) is 0 Å². The summed E-state index contributed by atoms with van der Waals surface area (Å²) in [5.74, 6) is 0.348. The largest absolute Gasteiger partial charge is 0.493 e. The van der Waals surface area contributed by atoms with Gasteiger partial charge in [-0.3, -0.25) is 19.3 Å². The number of pyridine rings is 1. The number of nitrogens with zero attached hydrogens (tertiary/aromatic N) is 3. The third-order valence-electron chi connectivity index (χ3n) is 6.00. The number of benzene rings is 2. The van der Waals surface area contributed by atoms with Crippen LogP contribution in [0.5, 0.6) is 11.5 Å². The van der Waals surface area contributed by atoms with Crippen molar-refractivity contribution >= 4 is 29.2 Å². The standard InChI is InChI=1S/C25H22N4O5/c1-33-18-11-10-16-21(22(18)34-2)25(32)29-17-8-4-3-7-15(17)24(31)28(23(16)29)14-12-20(30)27-19-9-5-6-13-26-19/h3-11,13,23H,12,14H2,1-2H3,(H,26,27,30). The predicted molar refractivity (Wildman–Crippen MR) is 124 cm³/mol. The molecule has 0 bridgehead atoms. The van der Waals surface area contributed by atoms with E-state index in [1.807, 2.05) is 0 Å². The van der Waals surface area contributed by atoms with Crippen LogP contribution in [0.15, 0.2) is 60.8 Å². The molecule has 0 spiro atoms. The number of fused-ring (bicyclic) bond motifs is 5. The Kier molecular flexibility index (Phi) is 5.37. The first kappa shape index (κ1) is 21.4. The molecule has 9 heteroatoms. The average molecular weight is 458 g/mol. The van der Waals surface area contributed by atoms with Crippen LogP contribution in [0.2, 0.25) is 0 Å². The summed E-state index contributed by atoms with van der Waals surface area (Å²) >= 11 is 0. The van der Waals surface area contributed by atoms with Gasteiger partial charge in [0.2, 0.25) is 5.91 Å². The summed E-state index contributed by atoms with van der Waals surface area (Å²) in [5.41, 5.74) is 1.89. The summed E-state index contributed by atoms with van der Waals surface area (Å²) < 4.78 is 10.9. The van der Waals surface area contributed by atoms with E-state index >= 15 is 0 Å². The van der Waals surface area contributed by atoms with Gasteiger partial charge in [-0.2, -0.15) is 0 Å². The van der Waals surface area contributed by atoms with Crippen LogP contribution in [-0.2, 0) is 4.79 Å². The van der Waals surface area contributed by atoms with Gasteiger partial charge in [-0.05, 0) is 30.3 Å². The fraction of sp³-hybridized carbons (Fsp3) is 0.200. The molecule has 1 unspecified atom stereocenters. The number of methoxy groups -OCH3 is 2. The number of hydrogen-bond donors (Lipinski definition) is 1. The van der Waals surface area contributed by atoms with Crippen molar-refractivity contribution in [1.82, 2.24) is 9.88 Å². The van der Waals surface area contributed by atoms with Gasteiger partial charge in [0.25, 0.3) is 11.8 Å². The molecular formula is C25H22N4O5. The summed E-state index contributed by atoms with van der Waals surface area (Å²) in [5, 5.41) is 2.73. The van der Waals surface area contributed by atoms with E-state index in [1.165, 1.54) is 14.2 Å². The summed E-state index contributed by atoms with van der Waals surface area (Å²) in [6.45, 7) is 0.105. The lowest BCUT2D eigenvalue weighted by Crippen LogP contribution is -2.49. The smallest absolute Gasteiger partial charge is 0.264 e. The Morgan fingerprint density at radius 1 is 1.00 bits per heavy atom. The number of rotatable bonds is 6. The molecule has 172 valence electrons. The Bertz CT molecular complexity index is 1290. The lowest BCUT2D eigenvalue weighted by molar-refractivity contribution is -0.116. The van der Waals surface area contributed by atoms with Crippen LogP contribution in [0.4, 0.5) is 11.5 Å². The second-order valence-corrected chi connectivity index (χ2v) is 7.84. The number of aromatic nitrogens is 1. The topological polar surface area (TPSA) is 101 Å². The zero-order valence-corrected chi connectivity index (χ0v) is 18.6. The maximum atomic E-state index is 13.6. The number of para-hydroxylation sites is 1. The molecule has 1 N–H and O–H groups in total. The van der Waals surface area contributed by atoms with E-state index in [0.717, 1.165) is 0 Å². The summed E-state index contributed by atoms with van der Waals surface area (Å²) in [6, 6.07) is 15.7. The summed E-state index contributed by atoms with van der Waals surface area (Å²) in [7, 11) is 2.98. The molecule has 34 heavy (non-hydrogen) atoms. The fourth-order valence-corrected chi connectivity index (χ4v) is 4.52. The van der Waals surface area contributed by atoms with E-state index in [2.05, 4.69) is 10.3 Å². The van der Waals surface area contributed by atoms with E-state index in [-0.39, 0.29) is 30.7 Å². The van der Waals surface area contributed by atoms with Gasteiger partial charge in [-0.1, -0.05) is 24.3 Å². The van der Waals surface area contributed by atoms with Crippen LogP contribution in [-0.4, -0.2) is 48.4 Å². The molecule has 0 fully saturated rings. The molecular weight excluding hydrogens is 436 g/mol. The maximum Gasteiger partial charge on any atom is 0.264 e. The fourth-order valence-electron chi connectivity index (χ4n) is 4.52. The van der Waals surface area contributed by atoms with E-state index in [1.54, 1.807) is 70.6 Å². The highest BCUT2D eigenvalue weighted by Crippen LogP contribution is 2.49. The molecule has 1 atom stereocenters. The van der Waals surface area contributed by atoms with Crippen LogP contribution in [0, 0.1) is 0 Å². The van der Waals surface area contributed by atoms with Crippen molar-refractivity contribution in [3.05, 3.63) is 77.5 Å². The lowest BCUT2D eigenvalue weighted by Gasteiger charge is -2.40. The highest BCUT2D eigenvalue weighted by molar-refractivity contribution is 6.18. The molecule has 3 aromatic rings. The normalized spacial score (nSPS) is 16.0. The second kappa shape index (κ2) is 8.51. The number of hydrogen-bond acceptors (Lipinski definition) is 6. The Hall–Kier alpha value is -4.40. The van der Waals surface area contributed by atoms with E-state index in [9.17, 15) is 14.4 Å². The van der Waals surface area contributed by atoms with Gasteiger partial charge in [-0.25, -0.2) is 4.98 Å². The first-order valence-corrected chi connectivity index (χ1v) is 10.7. The third-order valence-corrected chi connectivity index (χ3v) is 6.00. The summed E-state index contributed by atoms with van der Waals surface area (Å²) in [6.07, 6.45) is 0.916. The quantitative estimate of drug-likeness (QED) is 0.609. The first-order valence-electron chi connectivity index (χ1n) is 10.7. The number of carbonyl (C=O) groups is 3. The van der Waals surface area contributed by atoms with Crippen molar-refractivity contribution in [1.29, 1.82) is 0 Å². The monoisotopic (exact) mass is 458 g/mol. The van der Waals surface area contributed by atoms with Crippen LogP contribution in [0.25, 0.3) is 0 Å². The highest BCUT2D eigenvalue weighted by Gasteiger charge is 2.49. The zero-order chi connectivity index (χ0) is 23.8. The number of nitrogens with one attached hydrogen (secondary N) is 1. The molecule has 2 aliphatic heterocycles. The van der Waals surface area contributed by atoms with E-state index in [0.29, 0.717) is 39.7 Å². The van der Waals surface area contributed by atoms with Crippen molar-refractivity contribution in [2.24, 2.45) is 0 Å². The molecule has 0 aliphatic carbocycles.